The van der Waals surface area contributed by atoms with Crippen LogP contribution in [0.1, 0.15) is 26.9 Å². The molecule has 14 heteroatoms. The van der Waals surface area contributed by atoms with Crippen LogP contribution in [0.3, 0.4) is 0 Å². The number of alkyl halides is 1. The second-order valence-corrected chi connectivity index (χ2v) is 9.77. The minimum Gasteiger partial charge on any atom is -0.394 e. The van der Waals surface area contributed by atoms with Gasteiger partial charge in [0.05, 0.1) is 34.3 Å². The molecule has 5 aromatic rings. The number of carbonyl (C=O) groups excluding carboxylic acids is 2. The Kier molecular flexibility index (Phi) is 5.11. The fourth-order valence-electron chi connectivity index (χ4n) is 5.89. The molecule has 0 radical (unpaired) electrons. The number of amides is 2. The number of nitrogens with one attached hydrogen (secondary N) is 2. The van der Waals surface area contributed by atoms with Crippen molar-refractivity contribution in [3.05, 3.63) is 58.7 Å². The maximum Gasteiger partial charge on any atom is 0.259 e. The van der Waals surface area contributed by atoms with Gasteiger partial charge in [0.25, 0.3) is 11.8 Å². The lowest BCUT2D eigenvalue weighted by Gasteiger charge is -2.40. The fourth-order valence-corrected chi connectivity index (χ4v) is 5.89. The van der Waals surface area contributed by atoms with Gasteiger partial charge in [-0.1, -0.05) is 0 Å². The van der Waals surface area contributed by atoms with Gasteiger partial charge in [0, 0.05) is 39.2 Å². The number of benzene rings is 3. The van der Waals surface area contributed by atoms with Gasteiger partial charge in [-0.3, -0.25) is 14.9 Å². The van der Waals surface area contributed by atoms with E-state index in [1.54, 1.807) is 0 Å². The number of fused-ring (bicyclic) bond motifs is 10. The summed E-state index contributed by atoms with van der Waals surface area (Å²) in [6.45, 7) is -0.922. The van der Waals surface area contributed by atoms with Crippen LogP contribution in [0.5, 0.6) is 0 Å². The number of imide groups is 1. The molecule has 0 aliphatic carbocycles. The highest BCUT2D eigenvalue weighted by atomic mass is 19.2. The largest absolute Gasteiger partial charge is 0.394 e. The van der Waals surface area contributed by atoms with Crippen molar-refractivity contribution in [2.75, 3.05) is 6.61 Å². The van der Waals surface area contributed by atoms with Crippen LogP contribution in [0.2, 0.25) is 0 Å². The van der Waals surface area contributed by atoms with Gasteiger partial charge in [-0.2, -0.15) is 0 Å². The summed E-state index contributed by atoms with van der Waals surface area (Å²) in [5, 5.41) is 32.8. The minimum absolute atomic E-state index is 0.00623. The van der Waals surface area contributed by atoms with Crippen LogP contribution in [0.25, 0.3) is 43.6 Å². The van der Waals surface area contributed by atoms with Crippen molar-refractivity contribution in [1.29, 1.82) is 0 Å². The highest BCUT2D eigenvalue weighted by Crippen LogP contribution is 2.46. The molecule has 206 valence electrons. The zero-order valence-corrected chi connectivity index (χ0v) is 19.8. The van der Waals surface area contributed by atoms with Crippen LogP contribution in [-0.4, -0.2) is 67.8 Å². The molecule has 0 bridgehead atoms. The van der Waals surface area contributed by atoms with E-state index in [1.807, 2.05) is 0 Å². The number of ether oxygens (including phenoxy) is 1. The summed E-state index contributed by atoms with van der Waals surface area (Å²) < 4.78 is 79.0. The van der Waals surface area contributed by atoms with E-state index < -0.39 is 72.4 Å². The lowest BCUT2D eigenvalue weighted by atomic mass is 9.96. The summed E-state index contributed by atoms with van der Waals surface area (Å²) >= 11 is 0. The number of hydrogen-bond acceptors (Lipinski definition) is 6. The molecule has 40 heavy (non-hydrogen) atoms. The zero-order valence-electron chi connectivity index (χ0n) is 19.8. The molecular weight excluding hydrogens is 545 g/mol. The Morgan fingerprint density at radius 1 is 0.850 bits per heavy atom. The zero-order chi connectivity index (χ0) is 28.4. The second kappa shape index (κ2) is 8.20. The summed E-state index contributed by atoms with van der Waals surface area (Å²) in [6.07, 6.45) is -9.73. The smallest absolute Gasteiger partial charge is 0.259 e. The van der Waals surface area contributed by atoms with Crippen molar-refractivity contribution in [2.45, 2.75) is 30.7 Å². The lowest BCUT2D eigenvalue weighted by molar-refractivity contribution is -0.233. The third-order valence-corrected chi connectivity index (χ3v) is 7.62. The quantitative estimate of drug-likeness (QED) is 0.166. The van der Waals surface area contributed by atoms with Gasteiger partial charge in [-0.15, -0.1) is 0 Å². The Hall–Kier alpha value is -4.11. The predicted octanol–water partition coefficient (Wildman–Crippen LogP) is 2.82. The molecule has 1 saturated heterocycles. The molecule has 7 rings (SSSR count). The molecule has 2 amide bonds. The number of aliphatic hydroxyl groups is 3. The van der Waals surface area contributed by atoms with Gasteiger partial charge in [0.1, 0.15) is 18.3 Å². The standard InChI is InChI=1S/C26H16F5N3O6/c27-8-1-6-12(3-10(8)29)32-20-15(6)17-18(25(39)33-24(17)38)16-7-2-9(28)11(30)4-13(7)34(21(16)20)26-23(37)22(36)19(31)14(5-35)40-26/h1-4,14,19,22-23,26,32,35-37H,5H2,(H,33,38,39)/t14-,19-,22+,23-,26?/m1/s1. The third-order valence-electron chi connectivity index (χ3n) is 7.62. The predicted molar refractivity (Wildman–Crippen MR) is 128 cm³/mol. The Morgan fingerprint density at radius 3 is 2.12 bits per heavy atom. The molecule has 5 N–H and O–H groups in total. The topological polar surface area (TPSA) is 137 Å². The number of hydrogen-bond donors (Lipinski definition) is 5. The summed E-state index contributed by atoms with van der Waals surface area (Å²) in [4.78, 5) is 28.9. The number of H-pyrrole nitrogens is 1. The molecule has 2 aliphatic rings. The average molecular weight is 561 g/mol. The molecule has 1 unspecified atom stereocenters. The number of carbonyl (C=O) groups is 2. The SMILES string of the molecule is O=C1NC(=O)c2c1c1c3cc(F)c(F)cc3[nH]c1c1c2c2cc(F)c(F)cc2n1C1O[C@H](CO)[C@@H](F)[C@H](O)[C@H]1O. The lowest BCUT2D eigenvalue weighted by Crippen LogP contribution is -2.54. The van der Waals surface area contributed by atoms with Gasteiger partial charge in [-0.25, -0.2) is 22.0 Å². The molecule has 2 aliphatic heterocycles. The first kappa shape index (κ1) is 24.9. The molecule has 3 aromatic carbocycles. The first-order valence-electron chi connectivity index (χ1n) is 11.9. The highest BCUT2D eigenvalue weighted by Gasteiger charge is 2.47. The van der Waals surface area contributed by atoms with E-state index in [-0.39, 0.29) is 54.7 Å². The first-order chi connectivity index (χ1) is 19.0. The van der Waals surface area contributed by atoms with E-state index in [9.17, 15) is 46.9 Å². The van der Waals surface area contributed by atoms with Crippen LogP contribution < -0.4 is 5.32 Å². The van der Waals surface area contributed by atoms with E-state index in [0.717, 1.165) is 28.8 Å². The molecule has 1 fully saturated rings. The van der Waals surface area contributed by atoms with Crippen LogP contribution in [0.4, 0.5) is 22.0 Å². The van der Waals surface area contributed by atoms with Gasteiger partial charge >= 0.3 is 0 Å². The summed E-state index contributed by atoms with van der Waals surface area (Å²) in [6, 6.07) is 3.09. The first-order valence-corrected chi connectivity index (χ1v) is 11.9. The molecule has 0 spiro atoms. The molecule has 2 aromatic heterocycles. The van der Waals surface area contributed by atoms with E-state index in [1.165, 1.54) is 0 Å². The third kappa shape index (κ3) is 3.04. The molecular formula is C26H16F5N3O6. The van der Waals surface area contributed by atoms with Crippen molar-refractivity contribution in [3.63, 3.8) is 0 Å². The average Bonchev–Trinajstić information content (AvgIpc) is 3.52. The van der Waals surface area contributed by atoms with Crippen LogP contribution >= 0.6 is 0 Å². The Balaban J connectivity index is 1.74. The second-order valence-electron chi connectivity index (χ2n) is 9.77. The van der Waals surface area contributed by atoms with Gasteiger partial charge in [-0.05, 0) is 12.1 Å². The van der Waals surface area contributed by atoms with Crippen LogP contribution in [0, 0.1) is 23.3 Å². The number of nitrogens with zero attached hydrogens (tertiary/aromatic N) is 1. The van der Waals surface area contributed by atoms with Crippen molar-refractivity contribution < 1.29 is 51.6 Å². The fraction of sp³-hybridized carbons (Fsp3) is 0.231. The Morgan fingerprint density at radius 2 is 1.45 bits per heavy atom. The Labute approximate surface area is 218 Å². The Bertz CT molecular complexity index is 1970. The van der Waals surface area contributed by atoms with Crippen molar-refractivity contribution in [3.8, 4) is 0 Å². The summed E-state index contributed by atoms with van der Waals surface area (Å²) in [5.41, 5.74) is -0.884. The summed E-state index contributed by atoms with van der Waals surface area (Å²) in [5.74, 6) is -6.97. The summed E-state index contributed by atoms with van der Waals surface area (Å²) in [7, 11) is 0. The van der Waals surface area contributed by atoms with Crippen molar-refractivity contribution >= 4 is 55.4 Å². The number of aromatic amines is 1. The maximum atomic E-state index is 14.6. The van der Waals surface area contributed by atoms with Crippen molar-refractivity contribution in [1.82, 2.24) is 14.9 Å². The van der Waals surface area contributed by atoms with Gasteiger partial charge in [0.2, 0.25) is 0 Å². The highest BCUT2D eigenvalue weighted by molar-refractivity contribution is 6.39. The minimum atomic E-state index is -2.22. The van der Waals surface area contributed by atoms with E-state index in [0.29, 0.717) is 0 Å². The van der Waals surface area contributed by atoms with E-state index >= 15 is 0 Å². The normalized spacial score (nSPS) is 25.1. The van der Waals surface area contributed by atoms with Gasteiger partial charge in [0.15, 0.2) is 35.7 Å². The molecule has 0 saturated carbocycles. The molecule has 9 nitrogen and oxygen atoms in total. The van der Waals surface area contributed by atoms with Crippen LogP contribution in [0.15, 0.2) is 24.3 Å². The number of aromatic nitrogens is 2. The maximum absolute atomic E-state index is 14.6. The van der Waals surface area contributed by atoms with E-state index in [4.69, 9.17) is 4.74 Å². The van der Waals surface area contributed by atoms with Crippen LogP contribution in [-0.2, 0) is 4.74 Å². The van der Waals surface area contributed by atoms with E-state index in [2.05, 4.69) is 10.3 Å². The molecule has 4 heterocycles. The monoisotopic (exact) mass is 561 g/mol. The number of aliphatic hydroxyl groups excluding tert-OH is 3. The van der Waals surface area contributed by atoms with Crippen molar-refractivity contribution in [2.24, 2.45) is 0 Å². The van der Waals surface area contributed by atoms with Gasteiger partial charge < -0.3 is 29.6 Å². The molecule has 5 atom stereocenters. The number of halogens is 5. The number of rotatable bonds is 2.